The third kappa shape index (κ3) is 4.82. The lowest BCUT2D eigenvalue weighted by Crippen LogP contribution is -2.47. The average molecular weight is 469 g/mol. The molecule has 35 heavy (non-hydrogen) atoms. The minimum Gasteiger partial charge on any atom is -0.491 e. The van der Waals surface area contributed by atoms with E-state index in [1.54, 1.807) is 0 Å². The second-order valence-corrected chi connectivity index (χ2v) is 9.41. The molecule has 1 fully saturated rings. The largest absolute Gasteiger partial charge is 0.491 e. The Bertz CT molecular complexity index is 1280. The number of hydrogen-bond acceptors (Lipinski definition) is 6. The SMILES string of the molecule is O[C@@H](COc1ccc2oc(-c3ccccc3)nc2c1)CN1C[CH]N([C@@H]2CCc3ccccc32)CC1. The van der Waals surface area contributed by atoms with E-state index in [4.69, 9.17) is 9.15 Å². The highest BCUT2D eigenvalue weighted by Crippen LogP contribution is 2.36. The van der Waals surface area contributed by atoms with E-state index in [0.717, 1.165) is 36.3 Å². The zero-order chi connectivity index (χ0) is 23.6. The van der Waals surface area contributed by atoms with Gasteiger partial charge < -0.3 is 14.3 Å². The lowest BCUT2D eigenvalue weighted by molar-refractivity contribution is 0.0497. The topological polar surface area (TPSA) is 62.0 Å². The number of oxazole rings is 1. The summed E-state index contributed by atoms with van der Waals surface area (Å²) in [4.78, 5) is 9.37. The molecule has 0 amide bonds. The fourth-order valence-corrected chi connectivity index (χ4v) is 5.23. The molecule has 0 saturated carbocycles. The molecule has 6 heteroatoms. The van der Waals surface area contributed by atoms with Crippen molar-refractivity contribution in [2.45, 2.75) is 25.0 Å². The van der Waals surface area contributed by atoms with Gasteiger partial charge in [-0.1, -0.05) is 42.5 Å². The van der Waals surface area contributed by atoms with Gasteiger partial charge in [-0.15, -0.1) is 0 Å². The van der Waals surface area contributed by atoms with Crippen molar-refractivity contribution in [1.82, 2.24) is 14.8 Å². The molecule has 1 aromatic heterocycles. The molecule has 1 aliphatic carbocycles. The molecule has 2 heterocycles. The number of hydrogen-bond donors (Lipinski definition) is 1. The molecule has 1 saturated heterocycles. The Hall–Kier alpha value is -3.19. The fourth-order valence-electron chi connectivity index (χ4n) is 5.23. The van der Waals surface area contributed by atoms with Gasteiger partial charge in [-0.05, 0) is 48.2 Å². The van der Waals surface area contributed by atoms with Crippen LogP contribution in [0.5, 0.6) is 5.75 Å². The molecule has 6 nitrogen and oxygen atoms in total. The van der Waals surface area contributed by atoms with Gasteiger partial charge in [0.1, 0.15) is 24.0 Å². The second-order valence-electron chi connectivity index (χ2n) is 9.41. The van der Waals surface area contributed by atoms with Crippen molar-refractivity contribution in [3.8, 4) is 17.2 Å². The molecular formula is C29H30N3O3. The standard InChI is InChI=1S/C29H30N3O3/c33-23(19-31-14-16-32(17-15-31)27-12-10-21-6-4-5-9-25(21)27)20-34-24-11-13-28-26(18-24)30-29(35-28)22-7-2-1-3-8-22/h1-9,11,13,16,18,23,27,33H,10,12,14-15,17,19-20H2/t23-,27-/m1/s1. The summed E-state index contributed by atoms with van der Waals surface area (Å²) in [6.07, 6.45) is 1.79. The van der Waals surface area contributed by atoms with E-state index < -0.39 is 6.10 Å². The van der Waals surface area contributed by atoms with Crippen LogP contribution in [0.1, 0.15) is 23.6 Å². The third-order valence-corrected chi connectivity index (χ3v) is 7.04. The number of nitrogens with zero attached hydrogens (tertiary/aromatic N) is 3. The Balaban J connectivity index is 0.999. The van der Waals surface area contributed by atoms with Crippen LogP contribution < -0.4 is 4.74 Å². The molecular weight excluding hydrogens is 438 g/mol. The summed E-state index contributed by atoms with van der Waals surface area (Å²) in [5.41, 5.74) is 5.37. The van der Waals surface area contributed by atoms with Crippen molar-refractivity contribution in [2.75, 3.05) is 32.8 Å². The van der Waals surface area contributed by atoms with Gasteiger partial charge in [-0.3, -0.25) is 9.80 Å². The Morgan fingerprint density at radius 2 is 1.89 bits per heavy atom. The van der Waals surface area contributed by atoms with Gasteiger partial charge in [0, 0.05) is 50.4 Å². The van der Waals surface area contributed by atoms with Crippen molar-refractivity contribution in [3.63, 3.8) is 0 Å². The summed E-state index contributed by atoms with van der Waals surface area (Å²) < 4.78 is 11.8. The minimum atomic E-state index is -0.560. The number of aliphatic hydroxyl groups is 1. The van der Waals surface area contributed by atoms with Gasteiger partial charge in [-0.2, -0.15) is 0 Å². The lowest BCUT2D eigenvalue weighted by atomic mass is 10.1. The highest BCUT2D eigenvalue weighted by molar-refractivity contribution is 5.77. The predicted octanol–water partition coefficient (Wildman–Crippen LogP) is 4.70. The summed E-state index contributed by atoms with van der Waals surface area (Å²) in [6, 6.07) is 24.7. The Morgan fingerprint density at radius 1 is 1.03 bits per heavy atom. The second kappa shape index (κ2) is 9.82. The molecule has 0 spiro atoms. The monoisotopic (exact) mass is 468 g/mol. The van der Waals surface area contributed by atoms with Gasteiger partial charge in [0.15, 0.2) is 5.58 Å². The number of aliphatic hydroxyl groups excluding tert-OH is 1. The van der Waals surface area contributed by atoms with Crippen LogP contribution in [-0.2, 0) is 6.42 Å². The van der Waals surface area contributed by atoms with Gasteiger partial charge >= 0.3 is 0 Å². The number of benzene rings is 3. The highest BCUT2D eigenvalue weighted by atomic mass is 16.5. The van der Waals surface area contributed by atoms with Crippen LogP contribution in [0, 0.1) is 6.54 Å². The normalized spacial score (nSPS) is 19.6. The van der Waals surface area contributed by atoms with Crippen LogP contribution in [0.3, 0.4) is 0 Å². The molecule has 0 unspecified atom stereocenters. The number of ether oxygens (including phenoxy) is 1. The average Bonchev–Trinajstić information content (AvgIpc) is 3.53. The number of piperazine rings is 1. The molecule has 2 aliphatic rings. The zero-order valence-electron chi connectivity index (χ0n) is 19.7. The predicted molar refractivity (Wildman–Crippen MR) is 136 cm³/mol. The quantitative estimate of drug-likeness (QED) is 0.424. The first-order chi connectivity index (χ1) is 17.2. The van der Waals surface area contributed by atoms with Crippen LogP contribution in [0.2, 0.25) is 0 Å². The summed E-state index contributed by atoms with van der Waals surface area (Å²) >= 11 is 0. The van der Waals surface area contributed by atoms with Crippen LogP contribution in [0.15, 0.2) is 77.2 Å². The smallest absolute Gasteiger partial charge is 0.227 e. The fraction of sp³-hybridized carbons (Fsp3) is 0.310. The summed E-state index contributed by atoms with van der Waals surface area (Å²) in [7, 11) is 0. The van der Waals surface area contributed by atoms with Gasteiger partial charge in [-0.25, -0.2) is 4.98 Å². The number of β-amino-alcohol motifs (C(OH)–C–C–N with tert-alkyl or cyclic N) is 1. The Labute approximate surface area is 205 Å². The number of aromatic nitrogens is 1. The van der Waals surface area contributed by atoms with E-state index in [2.05, 4.69) is 45.6 Å². The number of fused-ring (bicyclic) bond motifs is 2. The maximum atomic E-state index is 10.6. The van der Waals surface area contributed by atoms with Crippen molar-refractivity contribution >= 4 is 11.1 Å². The van der Waals surface area contributed by atoms with Crippen LogP contribution >= 0.6 is 0 Å². The molecule has 0 bridgehead atoms. The molecule has 3 aromatic carbocycles. The molecule has 179 valence electrons. The molecule has 1 radical (unpaired) electrons. The lowest BCUT2D eigenvalue weighted by Gasteiger charge is -2.38. The zero-order valence-corrected chi connectivity index (χ0v) is 19.7. The molecule has 1 aliphatic heterocycles. The maximum Gasteiger partial charge on any atom is 0.227 e. The molecule has 6 rings (SSSR count). The molecule has 2 atom stereocenters. The minimum absolute atomic E-state index is 0.241. The van der Waals surface area contributed by atoms with E-state index >= 15 is 0 Å². The van der Waals surface area contributed by atoms with Crippen molar-refractivity contribution in [1.29, 1.82) is 0 Å². The van der Waals surface area contributed by atoms with Crippen LogP contribution in [0.4, 0.5) is 0 Å². The highest BCUT2D eigenvalue weighted by Gasteiger charge is 2.30. The summed E-state index contributed by atoms with van der Waals surface area (Å²) in [5, 5.41) is 10.6. The molecule has 1 N–H and O–H groups in total. The third-order valence-electron chi connectivity index (χ3n) is 7.04. The van der Waals surface area contributed by atoms with Crippen molar-refractivity contribution < 1.29 is 14.3 Å². The first-order valence-electron chi connectivity index (χ1n) is 12.4. The van der Waals surface area contributed by atoms with E-state index in [1.807, 2.05) is 48.5 Å². The first kappa shape index (κ1) is 22.3. The number of rotatable bonds is 7. The Kier molecular flexibility index (Phi) is 6.25. The first-order valence-corrected chi connectivity index (χ1v) is 12.4. The van der Waals surface area contributed by atoms with Gasteiger partial charge in [0.25, 0.3) is 0 Å². The van der Waals surface area contributed by atoms with Crippen LogP contribution in [0.25, 0.3) is 22.6 Å². The van der Waals surface area contributed by atoms with E-state index in [0.29, 0.717) is 24.2 Å². The summed E-state index contributed by atoms with van der Waals surface area (Å²) in [5.74, 6) is 1.27. The Morgan fingerprint density at radius 3 is 2.74 bits per heavy atom. The number of aryl methyl sites for hydroxylation is 1. The maximum absolute atomic E-state index is 10.6. The molecule has 4 aromatic rings. The van der Waals surface area contributed by atoms with Gasteiger partial charge in [0.05, 0.1) is 0 Å². The van der Waals surface area contributed by atoms with Crippen LogP contribution in [-0.4, -0.2) is 58.8 Å². The van der Waals surface area contributed by atoms with E-state index in [9.17, 15) is 5.11 Å². The van der Waals surface area contributed by atoms with E-state index in [-0.39, 0.29) is 6.61 Å². The summed E-state index contributed by atoms with van der Waals surface area (Å²) in [6.45, 7) is 5.91. The van der Waals surface area contributed by atoms with Crippen molar-refractivity contribution in [3.05, 3.63) is 90.5 Å². The van der Waals surface area contributed by atoms with E-state index in [1.165, 1.54) is 24.0 Å². The van der Waals surface area contributed by atoms with Gasteiger partial charge in [0.2, 0.25) is 5.89 Å². The van der Waals surface area contributed by atoms with Crippen molar-refractivity contribution in [2.24, 2.45) is 0 Å².